The van der Waals surface area contributed by atoms with Gasteiger partial charge in [-0.3, -0.25) is 4.57 Å². The number of aromatic nitrogens is 1. The minimum absolute atomic E-state index is 0.304. The highest BCUT2D eigenvalue weighted by molar-refractivity contribution is 5.67. The van der Waals surface area contributed by atoms with Crippen LogP contribution in [0.15, 0.2) is 45.6 Å². The molecule has 1 aliphatic heterocycles. The SMILES string of the molecule is CC=Cc1c(C)oc(=O)n1Cc1cccc(C2=CCNCC2)c1. The summed E-state index contributed by atoms with van der Waals surface area (Å²) in [5, 5.41) is 3.33. The lowest BCUT2D eigenvalue weighted by Crippen LogP contribution is -2.20. The van der Waals surface area contributed by atoms with Gasteiger partial charge in [0.25, 0.3) is 0 Å². The summed E-state index contributed by atoms with van der Waals surface area (Å²) in [6, 6.07) is 8.42. The van der Waals surface area contributed by atoms with Crippen LogP contribution in [0.25, 0.3) is 11.6 Å². The lowest BCUT2D eigenvalue weighted by Gasteiger charge is -2.15. The molecule has 120 valence electrons. The lowest BCUT2D eigenvalue weighted by molar-refractivity contribution is 0.466. The Morgan fingerprint density at radius 1 is 1.39 bits per heavy atom. The number of nitrogens with zero attached hydrogens (tertiary/aromatic N) is 1. The zero-order chi connectivity index (χ0) is 16.2. The second-order valence-corrected chi connectivity index (χ2v) is 5.78. The van der Waals surface area contributed by atoms with Gasteiger partial charge in [-0.25, -0.2) is 4.79 Å². The molecule has 3 rings (SSSR count). The Kier molecular flexibility index (Phi) is 4.63. The summed E-state index contributed by atoms with van der Waals surface area (Å²) in [5.74, 6) is 0.354. The molecule has 0 aliphatic carbocycles. The predicted octanol–water partition coefficient (Wildman–Crippen LogP) is 3.21. The smallest absolute Gasteiger partial charge is 0.413 e. The van der Waals surface area contributed by atoms with Crippen molar-refractivity contribution in [2.75, 3.05) is 13.1 Å². The summed E-state index contributed by atoms with van der Waals surface area (Å²) in [7, 11) is 0. The van der Waals surface area contributed by atoms with Crippen molar-refractivity contribution < 1.29 is 4.42 Å². The van der Waals surface area contributed by atoms with Crippen molar-refractivity contribution in [3.8, 4) is 0 Å². The van der Waals surface area contributed by atoms with E-state index in [-0.39, 0.29) is 5.76 Å². The first-order valence-electron chi connectivity index (χ1n) is 8.01. The highest BCUT2D eigenvalue weighted by Gasteiger charge is 2.12. The number of oxazole rings is 1. The molecule has 1 aromatic heterocycles. The maximum Gasteiger partial charge on any atom is 0.419 e. The van der Waals surface area contributed by atoms with Gasteiger partial charge in [0.05, 0.1) is 12.2 Å². The van der Waals surface area contributed by atoms with Crippen LogP contribution in [0.5, 0.6) is 0 Å². The van der Waals surface area contributed by atoms with Crippen LogP contribution in [0, 0.1) is 6.92 Å². The molecule has 4 nitrogen and oxygen atoms in total. The minimum atomic E-state index is -0.304. The predicted molar refractivity (Wildman–Crippen MR) is 93.4 cm³/mol. The largest absolute Gasteiger partial charge is 0.419 e. The van der Waals surface area contributed by atoms with E-state index in [1.807, 2.05) is 26.0 Å². The molecule has 2 aromatic rings. The fraction of sp³-hybridized carbons (Fsp3) is 0.316. The zero-order valence-electron chi connectivity index (χ0n) is 13.6. The van der Waals surface area contributed by atoms with Gasteiger partial charge in [-0.2, -0.15) is 0 Å². The standard InChI is InChI=1S/C19H22N2O2/c1-3-5-18-14(2)23-19(22)21(18)13-15-6-4-7-17(12-15)16-8-10-20-11-9-16/h3-8,12,20H,9-11,13H2,1-2H3. The molecule has 1 aromatic carbocycles. The second kappa shape index (κ2) is 6.84. The van der Waals surface area contributed by atoms with Crippen LogP contribution in [0.3, 0.4) is 0 Å². The molecule has 0 fully saturated rings. The Hall–Kier alpha value is -2.33. The third-order valence-electron chi connectivity index (χ3n) is 4.14. The Labute approximate surface area is 136 Å². The van der Waals surface area contributed by atoms with Crippen LogP contribution in [0.1, 0.15) is 35.9 Å². The lowest BCUT2D eigenvalue weighted by atomic mass is 9.98. The summed E-state index contributed by atoms with van der Waals surface area (Å²) in [6.07, 6.45) is 7.11. The Morgan fingerprint density at radius 2 is 2.26 bits per heavy atom. The molecule has 1 N–H and O–H groups in total. The topological polar surface area (TPSA) is 47.2 Å². The first-order chi connectivity index (χ1) is 11.2. The van der Waals surface area contributed by atoms with Gasteiger partial charge in [0.1, 0.15) is 5.76 Å². The molecule has 0 amide bonds. The fourth-order valence-electron chi connectivity index (χ4n) is 2.98. The van der Waals surface area contributed by atoms with Gasteiger partial charge in [-0.1, -0.05) is 30.4 Å². The molecule has 0 atom stereocenters. The minimum Gasteiger partial charge on any atom is -0.413 e. The number of aryl methyl sites for hydroxylation is 1. The van der Waals surface area contributed by atoms with Crippen LogP contribution < -0.4 is 11.1 Å². The van der Waals surface area contributed by atoms with Gasteiger partial charge in [-0.15, -0.1) is 0 Å². The highest BCUT2D eigenvalue weighted by atomic mass is 16.4. The molecular weight excluding hydrogens is 288 g/mol. The third-order valence-corrected chi connectivity index (χ3v) is 4.14. The molecular formula is C19H22N2O2. The van der Waals surface area contributed by atoms with E-state index in [4.69, 9.17) is 4.42 Å². The molecule has 0 spiro atoms. The van der Waals surface area contributed by atoms with Crippen LogP contribution >= 0.6 is 0 Å². The van der Waals surface area contributed by atoms with E-state index in [9.17, 15) is 4.79 Å². The van der Waals surface area contributed by atoms with Crippen molar-refractivity contribution in [3.63, 3.8) is 0 Å². The molecule has 0 bridgehead atoms. The molecule has 23 heavy (non-hydrogen) atoms. The highest BCUT2D eigenvalue weighted by Crippen LogP contribution is 2.21. The summed E-state index contributed by atoms with van der Waals surface area (Å²) in [4.78, 5) is 12.1. The van der Waals surface area contributed by atoms with Crippen molar-refractivity contribution in [3.05, 3.63) is 69.5 Å². The van der Waals surface area contributed by atoms with Crippen molar-refractivity contribution in [2.24, 2.45) is 0 Å². The molecule has 2 heterocycles. The van der Waals surface area contributed by atoms with Crippen LogP contribution in [-0.4, -0.2) is 17.7 Å². The molecule has 0 radical (unpaired) electrons. The van der Waals surface area contributed by atoms with E-state index in [1.54, 1.807) is 4.57 Å². The summed E-state index contributed by atoms with van der Waals surface area (Å²) in [6.45, 7) is 6.22. The molecule has 0 unspecified atom stereocenters. The van der Waals surface area contributed by atoms with E-state index < -0.39 is 0 Å². The Morgan fingerprint density at radius 3 is 3.00 bits per heavy atom. The van der Waals surface area contributed by atoms with Crippen molar-refractivity contribution >= 4 is 11.6 Å². The van der Waals surface area contributed by atoms with Gasteiger partial charge in [0.2, 0.25) is 0 Å². The quantitative estimate of drug-likeness (QED) is 0.943. The van der Waals surface area contributed by atoms with Crippen molar-refractivity contribution in [2.45, 2.75) is 26.8 Å². The van der Waals surface area contributed by atoms with Crippen LogP contribution in [0.2, 0.25) is 0 Å². The van der Waals surface area contributed by atoms with Gasteiger partial charge in [-0.05, 0) is 55.7 Å². The van der Waals surface area contributed by atoms with Crippen LogP contribution in [0.4, 0.5) is 0 Å². The maximum atomic E-state index is 12.1. The average Bonchev–Trinajstić information content (AvgIpc) is 2.83. The number of nitrogens with one attached hydrogen (secondary N) is 1. The summed E-state index contributed by atoms with van der Waals surface area (Å²) < 4.78 is 6.94. The van der Waals surface area contributed by atoms with Crippen molar-refractivity contribution in [1.82, 2.24) is 9.88 Å². The Balaban J connectivity index is 1.92. The average molecular weight is 310 g/mol. The summed E-state index contributed by atoms with van der Waals surface area (Å²) >= 11 is 0. The molecule has 0 saturated carbocycles. The molecule has 1 aliphatic rings. The number of benzene rings is 1. The number of hydrogen-bond donors (Lipinski definition) is 1. The second-order valence-electron chi connectivity index (χ2n) is 5.78. The van der Waals surface area contributed by atoms with Gasteiger partial charge >= 0.3 is 5.76 Å². The summed E-state index contributed by atoms with van der Waals surface area (Å²) in [5.41, 5.74) is 4.56. The van der Waals surface area contributed by atoms with E-state index in [0.717, 1.165) is 30.8 Å². The van der Waals surface area contributed by atoms with E-state index >= 15 is 0 Å². The fourth-order valence-corrected chi connectivity index (χ4v) is 2.98. The zero-order valence-corrected chi connectivity index (χ0v) is 13.6. The van der Waals surface area contributed by atoms with E-state index in [0.29, 0.717) is 12.3 Å². The first-order valence-corrected chi connectivity index (χ1v) is 8.01. The van der Waals surface area contributed by atoms with Gasteiger partial charge in [0.15, 0.2) is 0 Å². The maximum absolute atomic E-state index is 12.1. The third kappa shape index (κ3) is 3.37. The molecule has 0 saturated heterocycles. The Bertz CT molecular complexity index is 809. The molecule has 4 heteroatoms. The van der Waals surface area contributed by atoms with E-state index in [1.165, 1.54) is 11.1 Å². The number of hydrogen-bond acceptors (Lipinski definition) is 3. The van der Waals surface area contributed by atoms with Crippen molar-refractivity contribution in [1.29, 1.82) is 0 Å². The van der Waals surface area contributed by atoms with Gasteiger partial charge in [0, 0.05) is 6.54 Å². The van der Waals surface area contributed by atoms with E-state index in [2.05, 4.69) is 35.7 Å². The monoisotopic (exact) mass is 310 g/mol. The van der Waals surface area contributed by atoms with Gasteiger partial charge < -0.3 is 9.73 Å². The first kappa shape index (κ1) is 15.6. The number of rotatable bonds is 4. The number of allylic oxidation sites excluding steroid dienone is 1. The normalized spacial score (nSPS) is 15.1. The van der Waals surface area contributed by atoms with Crippen LogP contribution in [-0.2, 0) is 6.54 Å².